The van der Waals surface area contributed by atoms with E-state index in [2.05, 4.69) is 40.1 Å². The molecule has 0 aromatic heterocycles. The Balaban J connectivity index is 2.21. The fourth-order valence-corrected chi connectivity index (χ4v) is 2.67. The van der Waals surface area contributed by atoms with Crippen LogP contribution in [0.3, 0.4) is 0 Å². The van der Waals surface area contributed by atoms with E-state index < -0.39 is 0 Å². The minimum absolute atomic E-state index is 0.147. The predicted octanol–water partition coefficient (Wildman–Crippen LogP) is 4.31. The number of halogens is 2. The van der Waals surface area contributed by atoms with Crippen LogP contribution >= 0.6 is 34.2 Å². The Morgan fingerprint density at radius 3 is 2.76 bits per heavy atom. The van der Waals surface area contributed by atoms with Crippen LogP contribution in [0.4, 0.5) is 5.69 Å². The van der Waals surface area contributed by atoms with Crippen molar-refractivity contribution in [3.63, 3.8) is 0 Å². The lowest BCUT2D eigenvalue weighted by Crippen LogP contribution is -2.17. The second-order valence-electron chi connectivity index (χ2n) is 4.52. The van der Waals surface area contributed by atoms with E-state index >= 15 is 0 Å². The molecule has 0 radical (unpaired) electrons. The van der Waals surface area contributed by atoms with E-state index in [9.17, 15) is 4.79 Å². The summed E-state index contributed by atoms with van der Waals surface area (Å²) < 4.78 is 0.874. The van der Waals surface area contributed by atoms with Crippen LogP contribution in [0.25, 0.3) is 0 Å². The van der Waals surface area contributed by atoms with Crippen molar-refractivity contribution in [3.8, 4) is 0 Å². The van der Waals surface area contributed by atoms with Crippen molar-refractivity contribution in [3.05, 3.63) is 62.2 Å². The van der Waals surface area contributed by atoms with Crippen LogP contribution in [0.1, 0.15) is 22.8 Å². The van der Waals surface area contributed by atoms with Crippen LogP contribution < -0.4 is 10.6 Å². The van der Waals surface area contributed by atoms with Crippen molar-refractivity contribution >= 4 is 45.8 Å². The molecule has 0 atom stereocenters. The van der Waals surface area contributed by atoms with Gasteiger partial charge in [-0.1, -0.05) is 36.7 Å². The molecule has 110 valence electrons. The number of rotatable bonds is 5. The van der Waals surface area contributed by atoms with Gasteiger partial charge in [0.25, 0.3) is 5.91 Å². The predicted molar refractivity (Wildman–Crippen MR) is 95.9 cm³/mol. The third-order valence-corrected chi connectivity index (χ3v) is 4.18. The maximum absolute atomic E-state index is 12.4. The molecule has 0 saturated heterocycles. The fraction of sp³-hybridized carbons (Fsp3) is 0.188. The van der Waals surface area contributed by atoms with E-state index in [4.69, 9.17) is 11.6 Å². The molecule has 0 spiro atoms. The van der Waals surface area contributed by atoms with Gasteiger partial charge in [-0.3, -0.25) is 4.79 Å². The van der Waals surface area contributed by atoms with Gasteiger partial charge in [0.15, 0.2) is 0 Å². The first-order valence-electron chi connectivity index (χ1n) is 6.67. The molecule has 5 heteroatoms. The van der Waals surface area contributed by atoms with Gasteiger partial charge in [-0.2, -0.15) is 0 Å². The summed E-state index contributed by atoms with van der Waals surface area (Å²) in [5, 5.41) is 6.78. The van der Waals surface area contributed by atoms with Crippen molar-refractivity contribution < 1.29 is 4.79 Å². The molecule has 2 aromatic carbocycles. The second-order valence-corrected chi connectivity index (χ2v) is 6.11. The van der Waals surface area contributed by atoms with E-state index in [1.807, 2.05) is 30.3 Å². The van der Waals surface area contributed by atoms with Crippen LogP contribution in [0.2, 0.25) is 5.02 Å². The fourth-order valence-electron chi connectivity index (χ4n) is 1.92. The topological polar surface area (TPSA) is 41.1 Å². The average molecular weight is 415 g/mol. The Morgan fingerprint density at radius 1 is 1.24 bits per heavy atom. The van der Waals surface area contributed by atoms with Crippen LogP contribution in [0.5, 0.6) is 0 Å². The summed E-state index contributed by atoms with van der Waals surface area (Å²) in [4.78, 5) is 12.4. The van der Waals surface area contributed by atoms with Gasteiger partial charge in [0, 0.05) is 20.8 Å². The molecule has 2 N–H and O–H groups in total. The number of carbonyl (C=O) groups excluding carboxylic acids is 1. The normalized spacial score (nSPS) is 10.4. The zero-order valence-corrected chi connectivity index (χ0v) is 14.5. The molecular weight excluding hydrogens is 399 g/mol. The summed E-state index contributed by atoms with van der Waals surface area (Å²) in [5.41, 5.74) is 2.46. The maximum Gasteiger partial charge on any atom is 0.256 e. The number of carbonyl (C=O) groups is 1. The highest BCUT2D eigenvalue weighted by molar-refractivity contribution is 14.1. The molecule has 0 aliphatic rings. The number of amides is 1. The highest BCUT2D eigenvalue weighted by Gasteiger charge is 2.12. The Kier molecular flexibility index (Phi) is 6.02. The number of para-hydroxylation sites is 1. The lowest BCUT2D eigenvalue weighted by Gasteiger charge is -2.12. The number of anilines is 1. The zero-order chi connectivity index (χ0) is 15.2. The molecule has 0 aliphatic heterocycles. The maximum atomic E-state index is 12.4. The molecule has 0 unspecified atom stereocenters. The molecule has 0 heterocycles. The second kappa shape index (κ2) is 7.77. The highest BCUT2D eigenvalue weighted by atomic mass is 127. The van der Waals surface area contributed by atoms with Gasteiger partial charge in [0.05, 0.1) is 5.56 Å². The molecule has 0 saturated carbocycles. The van der Waals surface area contributed by atoms with E-state index in [-0.39, 0.29) is 5.91 Å². The van der Waals surface area contributed by atoms with Crippen LogP contribution in [0, 0.1) is 3.57 Å². The highest BCUT2D eigenvalue weighted by Crippen LogP contribution is 2.21. The molecule has 0 aliphatic carbocycles. The summed E-state index contributed by atoms with van der Waals surface area (Å²) >= 11 is 8.10. The molecular formula is C16H16ClIN2O. The summed E-state index contributed by atoms with van der Waals surface area (Å²) in [6.07, 6.45) is 0. The smallest absolute Gasteiger partial charge is 0.256 e. The Hall–Kier alpha value is -1.11. The van der Waals surface area contributed by atoms with Crippen molar-refractivity contribution in [2.75, 3.05) is 11.9 Å². The van der Waals surface area contributed by atoms with Gasteiger partial charge in [0.2, 0.25) is 0 Å². The van der Waals surface area contributed by atoms with E-state index in [0.29, 0.717) is 10.6 Å². The van der Waals surface area contributed by atoms with Crippen LogP contribution in [0.15, 0.2) is 42.5 Å². The minimum Gasteiger partial charge on any atom is -0.322 e. The van der Waals surface area contributed by atoms with Gasteiger partial charge >= 0.3 is 0 Å². The SMILES string of the molecule is CCNCc1ccccc1NC(=O)c1cc(Cl)ccc1I. The van der Waals surface area contributed by atoms with E-state index in [1.165, 1.54) is 0 Å². The minimum atomic E-state index is -0.147. The first-order valence-corrected chi connectivity index (χ1v) is 8.12. The number of nitrogens with one attached hydrogen (secondary N) is 2. The molecule has 21 heavy (non-hydrogen) atoms. The molecule has 0 fully saturated rings. The third kappa shape index (κ3) is 4.43. The Morgan fingerprint density at radius 2 is 2.00 bits per heavy atom. The van der Waals surface area contributed by atoms with E-state index in [0.717, 1.165) is 27.9 Å². The largest absolute Gasteiger partial charge is 0.322 e. The first kappa shape index (κ1) is 16.3. The van der Waals surface area contributed by atoms with Gasteiger partial charge in [-0.15, -0.1) is 0 Å². The standard InChI is InChI=1S/C16H16ClIN2O/c1-2-19-10-11-5-3-4-6-15(11)20-16(21)13-9-12(17)7-8-14(13)18/h3-9,19H,2,10H2,1H3,(H,20,21). The first-order chi connectivity index (χ1) is 10.1. The van der Waals surface area contributed by atoms with Gasteiger partial charge in [-0.05, 0) is 59.0 Å². The van der Waals surface area contributed by atoms with Crippen LogP contribution in [-0.4, -0.2) is 12.5 Å². The Labute approximate surface area is 143 Å². The molecule has 3 nitrogen and oxygen atoms in total. The molecule has 2 aromatic rings. The van der Waals surface area contributed by atoms with Crippen molar-refractivity contribution in [1.29, 1.82) is 0 Å². The summed E-state index contributed by atoms with van der Waals surface area (Å²) in [6, 6.07) is 13.1. The monoisotopic (exact) mass is 414 g/mol. The lowest BCUT2D eigenvalue weighted by atomic mass is 10.1. The molecule has 2 rings (SSSR count). The average Bonchev–Trinajstić information content (AvgIpc) is 2.48. The third-order valence-electron chi connectivity index (χ3n) is 3.00. The lowest BCUT2D eigenvalue weighted by molar-refractivity contribution is 0.102. The van der Waals surface area contributed by atoms with Crippen molar-refractivity contribution in [1.82, 2.24) is 5.32 Å². The quantitative estimate of drug-likeness (QED) is 0.716. The van der Waals surface area contributed by atoms with Crippen molar-refractivity contribution in [2.24, 2.45) is 0 Å². The number of benzene rings is 2. The number of hydrogen-bond acceptors (Lipinski definition) is 2. The number of hydrogen-bond donors (Lipinski definition) is 2. The summed E-state index contributed by atoms with van der Waals surface area (Å²) in [5.74, 6) is -0.147. The van der Waals surface area contributed by atoms with Gasteiger partial charge in [-0.25, -0.2) is 0 Å². The zero-order valence-electron chi connectivity index (χ0n) is 11.6. The molecule has 0 bridgehead atoms. The van der Waals surface area contributed by atoms with Crippen LogP contribution in [-0.2, 0) is 6.54 Å². The summed E-state index contributed by atoms with van der Waals surface area (Å²) in [6.45, 7) is 3.66. The van der Waals surface area contributed by atoms with Gasteiger partial charge < -0.3 is 10.6 Å². The molecule has 1 amide bonds. The van der Waals surface area contributed by atoms with Gasteiger partial charge in [0.1, 0.15) is 0 Å². The Bertz CT molecular complexity index is 646. The van der Waals surface area contributed by atoms with E-state index in [1.54, 1.807) is 12.1 Å². The van der Waals surface area contributed by atoms with Crippen molar-refractivity contribution in [2.45, 2.75) is 13.5 Å². The summed E-state index contributed by atoms with van der Waals surface area (Å²) in [7, 11) is 0.